The molecule has 0 radical (unpaired) electrons. The molecule has 6 nitrogen and oxygen atoms in total. The van der Waals surface area contributed by atoms with Crippen LogP contribution >= 0.6 is 0 Å². The van der Waals surface area contributed by atoms with Gasteiger partial charge >= 0.3 is 5.97 Å². The second kappa shape index (κ2) is 5.58. The Morgan fingerprint density at radius 1 is 1.37 bits per heavy atom. The number of aliphatic carboxylic acids is 1. The Morgan fingerprint density at radius 3 is 2.47 bits per heavy atom. The highest BCUT2D eigenvalue weighted by Crippen LogP contribution is 2.23. The summed E-state index contributed by atoms with van der Waals surface area (Å²) in [6, 6.07) is 6.14. The predicted molar refractivity (Wildman–Crippen MR) is 69.6 cm³/mol. The number of sulfonamides is 1. The smallest absolute Gasteiger partial charge is 0.310 e. The molecular formula is C12H17NO5S. The van der Waals surface area contributed by atoms with E-state index in [1.807, 2.05) is 0 Å². The van der Waals surface area contributed by atoms with Crippen LogP contribution in [0.15, 0.2) is 29.2 Å². The van der Waals surface area contributed by atoms with Crippen molar-refractivity contribution in [3.8, 4) is 5.75 Å². The van der Waals surface area contributed by atoms with E-state index in [0.717, 1.165) is 0 Å². The zero-order chi connectivity index (χ0) is 14.7. The van der Waals surface area contributed by atoms with Gasteiger partial charge < -0.3 is 9.84 Å². The fraction of sp³-hybridized carbons (Fsp3) is 0.417. The van der Waals surface area contributed by atoms with Gasteiger partial charge in [0.1, 0.15) is 10.6 Å². The highest BCUT2D eigenvalue weighted by molar-refractivity contribution is 7.89. The zero-order valence-corrected chi connectivity index (χ0v) is 11.8. The van der Waals surface area contributed by atoms with Gasteiger partial charge in [0.25, 0.3) is 0 Å². The largest absolute Gasteiger partial charge is 0.495 e. The summed E-state index contributed by atoms with van der Waals surface area (Å²) < 4.78 is 31.5. The van der Waals surface area contributed by atoms with Crippen LogP contribution in [-0.2, 0) is 14.8 Å². The number of methoxy groups -OCH3 is 1. The van der Waals surface area contributed by atoms with Gasteiger partial charge in [0, 0.05) is 6.54 Å². The molecule has 0 aliphatic carbocycles. The first-order valence-electron chi connectivity index (χ1n) is 5.57. The van der Waals surface area contributed by atoms with E-state index < -0.39 is 21.4 Å². The van der Waals surface area contributed by atoms with Crippen LogP contribution in [-0.4, -0.2) is 33.1 Å². The molecule has 0 spiro atoms. The van der Waals surface area contributed by atoms with Gasteiger partial charge in [-0.3, -0.25) is 4.79 Å². The Bertz CT molecular complexity index is 565. The lowest BCUT2D eigenvalue weighted by atomic mass is 9.95. The van der Waals surface area contributed by atoms with Gasteiger partial charge in [-0.05, 0) is 26.0 Å². The quantitative estimate of drug-likeness (QED) is 0.817. The van der Waals surface area contributed by atoms with Crippen LogP contribution in [0, 0.1) is 5.41 Å². The van der Waals surface area contributed by atoms with Gasteiger partial charge in [0.2, 0.25) is 10.0 Å². The number of rotatable bonds is 6. The van der Waals surface area contributed by atoms with E-state index >= 15 is 0 Å². The molecule has 1 aromatic rings. The number of ether oxygens (including phenoxy) is 1. The van der Waals surface area contributed by atoms with E-state index in [9.17, 15) is 13.2 Å². The Balaban J connectivity index is 2.97. The Kier molecular flexibility index (Phi) is 4.54. The van der Waals surface area contributed by atoms with Crippen molar-refractivity contribution in [1.82, 2.24) is 4.72 Å². The number of hydrogen-bond donors (Lipinski definition) is 2. The molecule has 0 aromatic heterocycles. The van der Waals surface area contributed by atoms with Crippen molar-refractivity contribution >= 4 is 16.0 Å². The van der Waals surface area contributed by atoms with E-state index in [1.54, 1.807) is 12.1 Å². The molecule has 0 heterocycles. The van der Waals surface area contributed by atoms with Gasteiger partial charge in [-0.2, -0.15) is 0 Å². The van der Waals surface area contributed by atoms with Crippen molar-refractivity contribution in [3.63, 3.8) is 0 Å². The third kappa shape index (κ3) is 3.68. The minimum Gasteiger partial charge on any atom is -0.495 e. The normalized spacial score (nSPS) is 12.2. The third-order valence-electron chi connectivity index (χ3n) is 2.64. The van der Waals surface area contributed by atoms with Gasteiger partial charge in [-0.25, -0.2) is 13.1 Å². The maximum atomic E-state index is 12.1. The molecule has 7 heteroatoms. The second-order valence-corrected chi connectivity index (χ2v) is 6.40. The fourth-order valence-corrected chi connectivity index (χ4v) is 2.65. The summed E-state index contributed by atoms with van der Waals surface area (Å²) in [5, 5.41) is 8.95. The first-order chi connectivity index (χ1) is 8.70. The molecule has 0 unspecified atom stereocenters. The summed E-state index contributed by atoms with van der Waals surface area (Å²) >= 11 is 0. The number of carboxylic acids is 1. The molecule has 0 fully saturated rings. The van der Waals surface area contributed by atoms with Crippen LogP contribution in [0.5, 0.6) is 5.75 Å². The Labute approximate surface area is 112 Å². The molecule has 1 rings (SSSR count). The Hall–Kier alpha value is -1.60. The first kappa shape index (κ1) is 15.5. The molecule has 19 heavy (non-hydrogen) atoms. The number of nitrogens with one attached hydrogen (secondary N) is 1. The van der Waals surface area contributed by atoms with E-state index in [2.05, 4.69) is 4.72 Å². The minimum absolute atomic E-state index is 0.0151. The fourth-order valence-electron chi connectivity index (χ4n) is 1.27. The maximum absolute atomic E-state index is 12.1. The maximum Gasteiger partial charge on any atom is 0.310 e. The molecule has 0 saturated carbocycles. The summed E-state index contributed by atoms with van der Waals surface area (Å²) in [4.78, 5) is 10.9. The van der Waals surface area contributed by atoms with Crippen molar-refractivity contribution in [1.29, 1.82) is 0 Å². The van der Waals surface area contributed by atoms with Crippen molar-refractivity contribution < 1.29 is 23.1 Å². The van der Waals surface area contributed by atoms with Crippen molar-refractivity contribution in [2.75, 3.05) is 13.7 Å². The average molecular weight is 287 g/mol. The molecule has 0 atom stereocenters. The van der Waals surface area contributed by atoms with Gasteiger partial charge in [0.05, 0.1) is 12.5 Å². The highest BCUT2D eigenvalue weighted by atomic mass is 32.2. The van der Waals surface area contributed by atoms with Crippen molar-refractivity contribution in [2.24, 2.45) is 5.41 Å². The van der Waals surface area contributed by atoms with Crippen molar-refractivity contribution in [3.05, 3.63) is 24.3 Å². The summed E-state index contributed by atoms with van der Waals surface area (Å²) in [6.07, 6.45) is 0. The summed E-state index contributed by atoms with van der Waals surface area (Å²) in [5.41, 5.74) is -1.19. The molecule has 0 aliphatic heterocycles. The lowest BCUT2D eigenvalue weighted by molar-refractivity contribution is -0.146. The van der Waals surface area contributed by atoms with Gasteiger partial charge in [-0.15, -0.1) is 0 Å². The van der Waals surface area contributed by atoms with Crippen LogP contribution < -0.4 is 9.46 Å². The number of para-hydroxylation sites is 1. The van der Waals surface area contributed by atoms with Crippen molar-refractivity contribution in [2.45, 2.75) is 18.7 Å². The van der Waals surface area contributed by atoms with Crippen LogP contribution in [0.1, 0.15) is 13.8 Å². The lowest BCUT2D eigenvalue weighted by Gasteiger charge is -2.20. The standard InChI is InChI=1S/C12H17NO5S/c1-12(2,11(14)15)8-13-19(16,17)10-7-5-4-6-9(10)18-3/h4-7,13H,8H2,1-3H3,(H,14,15). The van der Waals surface area contributed by atoms with E-state index in [4.69, 9.17) is 9.84 Å². The van der Waals surface area contributed by atoms with E-state index in [1.165, 1.54) is 33.1 Å². The Morgan fingerprint density at radius 2 is 1.95 bits per heavy atom. The number of carboxylic acid groups (broad SMARTS) is 1. The topological polar surface area (TPSA) is 92.7 Å². The number of carbonyl (C=O) groups is 1. The van der Waals surface area contributed by atoms with Gasteiger partial charge in [0.15, 0.2) is 0 Å². The summed E-state index contributed by atoms with van der Waals surface area (Å²) in [5.74, 6) is -0.863. The molecular weight excluding hydrogens is 270 g/mol. The zero-order valence-electron chi connectivity index (χ0n) is 11.0. The van der Waals surface area contributed by atoms with E-state index in [-0.39, 0.29) is 17.2 Å². The SMILES string of the molecule is COc1ccccc1S(=O)(=O)NCC(C)(C)C(=O)O. The number of hydrogen-bond acceptors (Lipinski definition) is 4. The lowest BCUT2D eigenvalue weighted by Crippen LogP contribution is -2.38. The minimum atomic E-state index is -3.81. The molecule has 0 bridgehead atoms. The van der Waals surface area contributed by atoms with E-state index in [0.29, 0.717) is 0 Å². The summed E-state index contributed by atoms with van der Waals surface area (Å²) in [6.45, 7) is 2.68. The molecule has 0 amide bonds. The number of benzene rings is 1. The van der Waals surface area contributed by atoms with Crippen LogP contribution in [0.25, 0.3) is 0 Å². The first-order valence-corrected chi connectivity index (χ1v) is 7.05. The summed E-state index contributed by atoms with van der Waals surface area (Å²) in [7, 11) is -2.44. The monoisotopic (exact) mass is 287 g/mol. The molecule has 1 aromatic carbocycles. The molecule has 2 N–H and O–H groups in total. The second-order valence-electron chi connectivity index (χ2n) is 4.66. The molecule has 0 saturated heterocycles. The molecule has 0 aliphatic rings. The average Bonchev–Trinajstić information content (AvgIpc) is 2.36. The van der Waals surface area contributed by atoms with Crippen LogP contribution in [0.2, 0.25) is 0 Å². The third-order valence-corrected chi connectivity index (χ3v) is 4.08. The van der Waals surface area contributed by atoms with Gasteiger partial charge in [-0.1, -0.05) is 12.1 Å². The molecule has 106 valence electrons. The van der Waals surface area contributed by atoms with Crippen LogP contribution in [0.4, 0.5) is 0 Å². The van der Waals surface area contributed by atoms with Crippen LogP contribution in [0.3, 0.4) is 0 Å². The predicted octanol–water partition coefficient (Wildman–Crippen LogP) is 1.08. The highest BCUT2D eigenvalue weighted by Gasteiger charge is 2.30.